The Morgan fingerprint density at radius 1 is 1.10 bits per heavy atom. The lowest BCUT2D eigenvalue weighted by molar-refractivity contribution is 0.0780. The molecule has 1 N–H and O–H groups in total. The highest BCUT2D eigenvalue weighted by molar-refractivity contribution is 5.33. The molecule has 1 saturated heterocycles. The summed E-state index contributed by atoms with van der Waals surface area (Å²) in [6, 6.07) is 7.91. The second-order valence-corrected chi connectivity index (χ2v) is 7.37. The summed E-state index contributed by atoms with van der Waals surface area (Å²) in [7, 11) is 0. The third-order valence-corrected chi connectivity index (χ3v) is 5.07. The molecule has 1 aliphatic heterocycles. The molecule has 0 aromatic heterocycles. The van der Waals surface area contributed by atoms with E-state index < -0.39 is 0 Å². The van der Waals surface area contributed by atoms with Gasteiger partial charge in [-0.05, 0) is 42.4 Å². The Morgan fingerprint density at radius 3 is 2.24 bits per heavy atom. The van der Waals surface area contributed by atoms with Crippen molar-refractivity contribution in [3.8, 4) is 0 Å². The van der Waals surface area contributed by atoms with Gasteiger partial charge in [-0.25, -0.2) is 0 Å². The van der Waals surface area contributed by atoms with Gasteiger partial charge in [0.1, 0.15) is 0 Å². The second kappa shape index (κ2) is 6.93. The number of rotatable bonds is 4. The highest BCUT2D eigenvalue weighted by Gasteiger charge is 2.31. The van der Waals surface area contributed by atoms with E-state index in [-0.39, 0.29) is 0 Å². The van der Waals surface area contributed by atoms with Crippen LogP contribution in [0.15, 0.2) is 18.2 Å². The average Bonchev–Trinajstić information content (AvgIpc) is 2.42. The minimum absolute atomic E-state index is 0.615. The quantitative estimate of drug-likeness (QED) is 0.907. The van der Waals surface area contributed by atoms with Crippen LogP contribution in [0.2, 0.25) is 0 Å². The fourth-order valence-electron chi connectivity index (χ4n) is 3.44. The molecule has 1 aromatic rings. The Balaban J connectivity index is 2.20. The number of benzene rings is 1. The van der Waals surface area contributed by atoms with Gasteiger partial charge in [0.15, 0.2) is 0 Å². The van der Waals surface area contributed by atoms with Gasteiger partial charge in [-0.15, -0.1) is 0 Å². The number of aryl methyl sites for hydroxylation is 2. The van der Waals surface area contributed by atoms with E-state index in [1.165, 1.54) is 16.7 Å². The molecular formula is C19H32N2. The first-order chi connectivity index (χ1) is 9.90. The summed E-state index contributed by atoms with van der Waals surface area (Å²) in [4.78, 5) is 2.71. The predicted molar refractivity (Wildman–Crippen MR) is 91.6 cm³/mol. The van der Waals surface area contributed by atoms with E-state index in [0.29, 0.717) is 23.9 Å². The molecule has 2 heteroatoms. The number of piperazine rings is 1. The molecule has 0 bridgehead atoms. The van der Waals surface area contributed by atoms with Gasteiger partial charge < -0.3 is 5.32 Å². The van der Waals surface area contributed by atoms with Crippen LogP contribution in [0.25, 0.3) is 0 Å². The van der Waals surface area contributed by atoms with Crippen molar-refractivity contribution in [1.29, 1.82) is 0 Å². The summed E-state index contributed by atoms with van der Waals surface area (Å²) in [5.41, 5.74) is 4.38. The van der Waals surface area contributed by atoms with Crippen LogP contribution < -0.4 is 5.32 Å². The number of hydrogen-bond donors (Lipinski definition) is 1. The molecule has 2 atom stereocenters. The molecule has 2 nitrogen and oxygen atoms in total. The molecular weight excluding hydrogens is 256 g/mol. The summed E-state index contributed by atoms with van der Waals surface area (Å²) < 4.78 is 0. The van der Waals surface area contributed by atoms with Crippen LogP contribution in [0, 0.1) is 25.7 Å². The number of nitrogens with zero attached hydrogens (tertiary/aromatic N) is 1. The first kappa shape index (κ1) is 16.5. The van der Waals surface area contributed by atoms with Crippen molar-refractivity contribution in [3.05, 3.63) is 34.9 Å². The van der Waals surface area contributed by atoms with Crippen molar-refractivity contribution in [1.82, 2.24) is 10.2 Å². The minimum atomic E-state index is 0.615. The van der Waals surface area contributed by atoms with E-state index in [1.807, 2.05) is 0 Å². The zero-order chi connectivity index (χ0) is 15.6. The van der Waals surface area contributed by atoms with Crippen LogP contribution in [-0.4, -0.2) is 30.1 Å². The van der Waals surface area contributed by atoms with E-state index in [0.717, 1.165) is 19.6 Å². The monoisotopic (exact) mass is 288 g/mol. The third-order valence-electron chi connectivity index (χ3n) is 5.07. The van der Waals surface area contributed by atoms with E-state index in [9.17, 15) is 0 Å². The summed E-state index contributed by atoms with van der Waals surface area (Å²) in [6.07, 6.45) is 0. The molecule has 2 rings (SSSR count). The van der Waals surface area contributed by atoms with Crippen LogP contribution in [0.1, 0.15) is 44.4 Å². The Kier molecular flexibility index (Phi) is 5.45. The highest BCUT2D eigenvalue weighted by Crippen LogP contribution is 2.23. The summed E-state index contributed by atoms with van der Waals surface area (Å²) in [5.74, 6) is 1.38. The molecule has 0 spiro atoms. The van der Waals surface area contributed by atoms with Crippen molar-refractivity contribution in [2.75, 3.05) is 13.1 Å². The molecule has 1 heterocycles. The summed E-state index contributed by atoms with van der Waals surface area (Å²) >= 11 is 0. The molecule has 0 amide bonds. The zero-order valence-corrected chi connectivity index (χ0v) is 14.6. The van der Waals surface area contributed by atoms with Gasteiger partial charge >= 0.3 is 0 Å². The van der Waals surface area contributed by atoms with Crippen LogP contribution in [0.3, 0.4) is 0 Å². The standard InChI is InChI=1S/C19H32N2/c1-13(2)18-12-21(19(10-20-18)14(3)4)11-17-15(5)8-7-9-16(17)6/h7-9,13-14,18-20H,10-12H2,1-6H3. The fraction of sp³-hybridized carbons (Fsp3) is 0.684. The third kappa shape index (κ3) is 3.87. The van der Waals surface area contributed by atoms with Gasteiger partial charge in [-0.1, -0.05) is 45.9 Å². The van der Waals surface area contributed by atoms with Crippen molar-refractivity contribution >= 4 is 0 Å². The topological polar surface area (TPSA) is 15.3 Å². The molecule has 1 aliphatic rings. The maximum atomic E-state index is 3.75. The van der Waals surface area contributed by atoms with Crippen LogP contribution in [-0.2, 0) is 6.54 Å². The van der Waals surface area contributed by atoms with Gasteiger partial charge in [0.25, 0.3) is 0 Å². The first-order valence-electron chi connectivity index (χ1n) is 8.42. The average molecular weight is 288 g/mol. The SMILES string of the molecule is Cc1cccc(C)c1CN1CC(C(C)C)NCC1C(C)C. The first-order valence-corrected chi connectivity index (χ1v) is 8.42. The summed E-state index contributed by atoms with van der Waals surface area (Å²) in [6.45, 7) is 17.2. The lowest BCUT2D eigenvalue weighted by atomic mass is 9.92. The summed E-state index contributed by atoms with van der Waals surface area (Å²) in [5, 5.41) is 3.75. The van der Waals surface area contributed by atoms with Crippen LogP contribution in [0.5, 0.6) is 0 Å². The maximum Gasteiger partial charge on any atom is 0.0247 e. The second-order valence-electron chi connectivity index (χ2n) is 7.37. The fourth-order valence-corrected chi connectivity index (χ4v) is 3.44. The van der Waals surface area contributed by atoms with Gasteiger partial charge in [-0.3, -0.25) is 4.90 Å². The smallest absolute Gasteiger partial charge is 0.0247 e. The Labute approximate surface area is 130 Å². The molecule has 21 heavy (non-hydrogen) atoms. The van der Waals surface area contributed by atoms with E-state index >= 15 is 0 Å². The molecule has 2 unspecified atom stereocenters. The van der Waals surface area contributed by atoms with Crippen molar-refractivity contribution in [2.45, 2.75) is 60.2 Å². The zero-order valence-electron chi connectivity index (χ0n) is 14.6. The minimum Gasteiger partial charge on any atom is -0.311 e. The van der Waals surface area contributed by atoms with Gasteiger partial charge in [0.2, 0.25) is 0 Å². The molecule has 0 radical (unpaired) electrons. The van der Waals surface area contributed by atoms with Crippen molar-refractivity contribution in [2.24, 2.45) is 11.8 Å². The van der Waals surface area contributed by atoms with Crippen LogP contribution in [0.4, 0.5) is 0 Å². The van der Waals surface area contributed by atoms with Gasteiger partial charge in [0, 0.05) is 31.7 Å². The normalized spacial score (nSPS) is 24.0. The maximum absolute atomic E-state index is 3.75. The van der Waals surface area contributed by atoms with Gasteiger partial charge in [-0.2, -0.15) is 0 Å². The lowest BCUT2D eigenvalue weighted by Crippen LogP contribution is -2.59. The van der Waals surface area contributed by atoms with Gasteiger partial charge in [0.05, 0.1) is 0 Å². The Hall–Kier alpha value is -0.860. The van der Waals surface area contributed by atoms with Crippen molar-refractivity contribution in [3.63, 3.8) is 0 Å². The molecule has 0 saturated carbocycles. The predicted octanol–water partition coefficient (Wildman–Crippen LogP) is 3.76. The van der Waals surface area contributed by atoms with E-state index in [4.69, 9.17) is 0 Å². The van der Waals surface area contributed by atoms with E-state index in [2.05, 4.69) is 70.0 Å². The van der Waals surface area contributed by atoms with Crippen LogP contribution >= 0.6 is 0 Å². The Morgan fingerprint density at radius 2 is 1.71 bits per heavy atom. The Bertz CT molecular complexity index is 444. The van der Waals surface area contributed by atoms with Crippen molar-refractivity contribution < 1.29 is 0 Å². The molecule has 118 valence electrons. The number of nitrogens with one attached hydrogen (secondary N) is 1. The largest absolute Gasteiger partial charge is 0.311 e. The molecule has 1 aromatic carbocycles. The highest BCUT2D eigenvalue weighted by atomic mass is 15.2. The lowest BCUT2D eigenvalue weighted by Gasteiger charge is -2.44. The molecule has 0 aliphatic carbocycles. The van der Waals surface area contributed by atoms with E-state index in [1.54, 1.807) is 0 Å². The molecule has 1 fully saturated rings. The number of hydrogen-bond acceptors (Lipinski definition) is 2.